The molecular formula is C12H8BrF3O. The zero-order valence-electron chi connectivity index (χ0n) is 8.81. The summed E-state index contributed by atoms with van der Waals surface area (Å²) in [7, 11) is 0. The molecule has 0 saturated carbocycles. The lowest BCUT2D eigenvalue weighted by atomic mass is 10.1. The molecule has 0 fully saturated rings. The minimum Gasteiger partial charge on any atom is -0.468 e. The fourth-order valence-corrected chi connectivity index (χ4v) is 2.34. The molecule has 5 heteroatoms. The molecule has 2 rings (SSSR count). The van der Waals surface area contributed by atoms with Crippen molar-refractivity contribution in [3.63, 3.8) is 0 Å². The normalized spacial score (nSPS) is 12.8. The Kier molecular flexibility index (Phi) is 3.28. The van der Waals surface area contributed by atoms with Crippen molar-refractivity contribution in [3.05, 3.63) is 58.8 Å². The fourth-order valence-electron chi connectivity index (χ4n) is 1.52. The van der Waals surface area contributed by atoms with E-state index in [0.717, 1.165) is 11.6 Å². The number of hydrogen-bond donors (Lipinski definition) is 0. The first kappa shape index (κ1) is 12.2. The van der Waals surface area contributed by atoms with Gasteiger partial charge in [0.25, 0.3) is 0 Å². The highest BCUT2D eigenvalue weighted by molar-refractivity contribution is 9.09. The third kappa shape index (κ3) is 2.24. The molecule has 2 aromatic rings. The molecule has 90 valence electrons. The third-order valence-corrected chi connectivity index (χ3v) is 3.35. The topological polar surface area (TPSA) is 13.1 Å². The molecular weight excluding hydrogens is 297 g/mol. The summed E-state index contributed by atoms with van der Waals surface area (Å²) in [5, 5.41) is 0. The molecule has 1 atom stereocenters. The number of alkyl halides is 1. The van der Waals surface area contributed by atoms with E-state index < -0.39 is 22.3 Å². The first-order valence-corrected chi connectivity index (χ1v) is 5.74. The maximum absolute atomic E-state index is 13.5. The average molecular weight is 305 g/mol. The number of rotatable bonds is 2. The Bertz CT molecular complexity index is 551. The quantitative estimate of drug-likeness (QED) is 0.588. The first-order valence-electron chi connectivity index (χ1n) is 4.83. The van der Waals surface area contributed by atoms with Gasteiger partial charge in [-0.2, -0.15) is 0 Å². The van der Waals surface area contributed by atoms with Gasteiger partial charge in [-0.1, -0.05) is 15.9 Å². The maximum atomic E-state index is 13.5. The average Bonchev–Trinajstić information content (AvgIpc) is 2.69. The number of aryl methyl sites for hydroxylation is 1. The molecule has 1 nitrogen and oxygen atoms in total. The highest BCUT2D eigenvalue weighted by Crippen LogP contribution is 2.35. The van der Waals surface area contributed by atoms with Gasteiger partial charge in [-0.25, -0.2) is 13.2 Å². The Morgan fingerprint density at radius 1 is 1.12 bits per heavy atom. The summed E-state index contributed by atoms with van der Waals surface area (Å²) >= 11 is 3.21. The van der Waals surface area contributed by atoms with Gasteiger partial charge >= 0.3 is 0 Å². The van der Waals surface area contributed by atoms with Crippen molar-refractivity contribution in [2.45, 2.75) is 11.8 Å². The lowest BCUT2D eigenvalue weighted by Gasteiger charge is -2.10. The highest BCUT2D eigenvalue weighted by Gasteiger charge is 2.21. The van der Waals surface area contributed by atoms with E-state index in [1.807, 2.05) is 0 Å². The summed E-state index contributed by atoms with van der Waals surface area (Å²) in [5.74, 6) is -2.64. The van der Waals surface area contributed by atoms with Crippen LogP contribution in [0.2, 0.25) is 0 Å². The molecule has 0 N–H and O–H groups in total. The molecule has 0 amide bonds. The van der Waals surface area contributed by atoms with Gasteiger partial charge in [0, 0.05) is 11.6 Å². The van der Waals surface area contributed by atoms with Gasteiger partial charge in [-0.05, 0) is 24.6 Å². The second-order valence-corrected chi connectivity index (χ2v) is 4.53. The summed E-state index contributed by atoms with van der Waals surface area (Å²) in [4.78, 5) is -0.646. The van der Waals surface area contributed by atoms with E-state index in [4.69, 9.17) is 4.42 Å². The summed E-state index contributed by atoms with van der Waals surface area (Å²) in [6.45, 7) is 1.78. The Morgan fingerprint density at radius 2 is 1.76 bits per heavy atom. The van der Waals surface area contributed by atoms with E-state index >= 15 is 0 Å². The monoisotopic (exact) mass is 304 g/mol. The fraction of sp³-hybridized carbons (Fsp3) is 0.167. The Labute approximate surface area is 104 Å². The van der Waals surface area contributed by atoms with E-state index in [1.165, 1.54) is 6.26 Å². The van der Waals surface area contributed by atoms with Crippen LogP contribution in [0.5, 0.6) is 0 Å². The van der Waals surface area contributed by atoms with E-state index in [1.54, 1.807) is 13.0 Å². The molecule has 1 unspecified atom stereocenters. The molecule has 0 aliphatic heterocycles. The zero-order valence-corrected chi connectivity index (χ0v) is 10.4. The predicted molar refractivity (Wildman–Crippen MR) is 60.5 cm³/mol. The number of benzene rings is 1. The van der Waals surface area contributed by atoms with Crippen LogP contribution < -0.4 is 0 Å². The van der Waals surface area contributed by atoms with Crippen molar-refractivity contribution >= 4 is 15.9 Å². The van der Waals surface area contributed by atoms with Crippen molar-refractivity contribution in [1.82, 2.24) is 0 Å². The molecule has 0 aliphatic rings. The summed E-state index contributed by atoms with van der Waals surface area (Å²) in [6, 6.07) is 3.06. The standard InChI is InChI=1S/C12H8BrF3O/c1-6-2-3-17-12(6)11(13)7-4-9(15)10(16)5-8(7)14/h2-5,11H,1H3. The molecule has 0 bridgehead atoms. The minimum atomic E-state index is -1.21. The van der Waals surface area contributed by atoms with Crippen LogP contribution >= 0.6 is 15.9 Å². The Balaban J connectivity index is 2.48. The largest absolute Gasteiger partial charge is 0.468 e. The van der Waals surface area contributed by atoms with E-state index in [-0.39, 0.29) is 5.56 Å². The van der Waals surface area contributed by atoms with E-state index in [2.05, 4.69) is 15.9 Å². The number of furan rings is 1. The second kappa shape index (κ2) is 4.56. The predicted octanol–water partition coefficient (Wildman–Crippen LogP) is 4.49. The SMILES string of the molecule is Cc1ccoc1C(Br)c1cc(F)c(F)cc1F. The molecule has 1 heterocycles. The second-order valence-electron chi connectivity index (χ2n) is 3.62. The van der Waals surface area contributed by atoms with Crippen molar-refractivity contribution in [2.75, 3.05) is 0 Å². The lowest BCUT2D eigenvalue weighted by molar-refractivity contribution is 0.483. The zero-order chi connectivity index (χ0) is 12.6. The minimum absolute atomic E-state index is 0.00181. The van der Waals surface area contributed by atoms with Gasteiger partial charge in [0.15, 0.2) is 11.6 Å². The van der Waals surface area contributed by atoms with Crippen LogP contribution in [0.3, 0.4) is 0 Å². The molecule has 0 spiro atoms. The van der Waals surface area contributed by atoms with E-state index in [9.17, 15) is 13.2 Å². The molecule has 1 aromatic heterocycles. The molecule has 17 heavy (non-hydrogen) atoms. The first-order chi connectivity index (χ1) is 8.00. The maximum Gasteiger partial charge on any atom is 0.161 e. The summed E-state index contributed by atoms with van der Waals surface area (Å²) < 4.78 is 44.6. The van der Waals surface area contributed by atoms with Gasteiger partial charge in [0.2, 0.25) is 0 Å². The Hall–Kier alpha value is -1.23. The molecule has 0 saturated heterocycles. The molecule has 1 aromatic carbocycles. The smallest absolute Gasteiger partial charge is 0.161 e. The van der Waals surface area contributed by atoms with Crippen molar-refractivity contribution < 1.29 is 17.6 Å². The van der Waals surface area contributed by atoms with Crippen molar-refractivity contribution in [2.24, 2.45) is 0 Å². The highest BCUT2D eigenvalue weighted by atomic mass is 79.9. The van der Waals surface area contributed by atoms with Crippen molar-refractivity contribution in [1.29, 1.82) is 0 Å². The van der Waals surface area contributed by atoms with Gasteiger partial charge in [-0.15, -0.1) is 0 Å². The van der Waals surface area contributed by atoms with E-state index in [0.29, 0.717) is 11.8 Å². The van der Waals surface area contributed by atoms with Crippen LogP contribution in [-0.4, -0.2) is 0 Å². The number of hydrogen-bond acceptors (Lipinski definition) is 1. The molecule has 0 aliphatic carbocycles. The van der Waals surface area contributed by atoms with Crippen LogP contribution in [0.4, 0.5) is 13.2 Å². The van der Waals surface area contributed by atoms with Gasteiger partial charge in [0.1, 0.15) is 16.4 Å². The van der Waals surface area contributed by atoms with Gasteiger partial charge in [-0.3, -0.25) is 0 Å². The summed E-state index contributed by atoms with van der Waals surface area (Å²) in [6.07, 6.45) is 1.46. The van der Waals surface area contributed by atoms with Crippen LogP contribution in [0.1, 0.15) is 21.7 Å². The van der Waals surface area contributed by atoms with Crippen LogP contribution in [0.25, 0.3) is 0 Å². The van der Waals surface area contributed by atoms with Crippen LogP contribution in [0.15, 0.2) is 28.9 Å². The summed E-state index contributed by atoms with van der Waals surface area (Å²) in [5.41, 5.74) is 0.804. The third-order valence-electron chi connectivity index (χ3n) is 2.44. The Morgan fingerprint density at radius 3 is 2.35 bits per heavy atom. The van der Waals surface area contributed by atoms with Crippen LogP contribution in [-0.2, 0) is 0 Å². The molecule has 0 radical (unpaired) electrons. The number of halogens is 4. The van der Waals surface area contributed by atoms with Crippen LogP contribution in [0, 0.1) is 24.4 Å². The van der Waals surface area contributed by atoms with Gasteiger partial charge in [0.05, 0.1) is 6.26 Å². The lowest BCUT2D eigenvalue weighted by Crippen LogP contribution is -2.00. The van der Waals surface area contributed by atoms with Crippen molar-refractivity contribution in [3.8, 4) is 0 Å². The van der Waals surface area contributed by atoms with Gasteiger partial charge < -0.3 is 4.42 Å².